The number of carbonyl (C=O) groups excluding carboxylic acids is 1. The van der Waals surface area contributed by atoms with Gasteiger partial charge in [-0.25, -0.2) is 0 Å². The predicted molar refractivity (Wildman–Crippen MR) is 124 cm³/mol. The molecule has 2 aliphatic rings. The molecular formula is C26H34N2O3. The van der Waals surface area contributed by atoms with Gasteiger partial charge < -0.3 is 14.8 Å². The lowest BCUT2D eigenvalue weighted by atomic mass is 9.79. The first-order valence-electron chi connectivity index (χ1n) is 11.5. The summed E-state index contributed by atoms with van der Waals surface area (Å²) in [6.45, 7) is 4.13. The van der Waals surface area contributed by atoms with E-state index in [1.807, 2.05) is 18.2 Å². The van der Waals surface area contributed by atoms with Gasteiger partial charge in [0.1, 0.15) is 11.5 Å². The number of ether oxygens (including phenoxy) is 2. The summed E-state index contributed by atoms with van der Waals surface area (Å²) in [7, 11) is 3.38. The van der Waals surface area contributed by atoms with Crippen LogP contribution in [0, 0.1) is 0 Å². The molecule has 0 spiro atoms. The maximum Gasteiger partial charge on any atom is 0.241 e. The van der Waals surface area contributed by atoms with Crippen molar-refractivity contribution in [2.45, 2.75) is 57.4 Å². The van der Waals surface area contributed by atoms with Crippen LogP contribution in [0.2, 0.25) is 0 Å². The molecule has 0 saturated carbocycles. The van der Waals surface area contributed by atoms with Crippen LogP contribution in [-0.2, 0) is 17.6 Å². The van der Waals surface area contributed by atoms with Gasteiger partial charge in [-0.05, 0) is 92.4 Å². The summed E-state index contributed by atoms with van der Waals surface area (Å²) in [5.74, 6) is 2.16. The molecule has 1 aliphatic carbocycles. The van der Waals surface area contributed by atoms with Crippen molar-refractivity contribution in [2.24, 2.45) is 0 Å². The van der Waals surface area contributed by atoms with E-state index in [0.717, 1.165) is 56.0 Å². The second-order valence-corrected chi connectivity index (χ2v) is 8.68. The lowest BCUT2D eigenvalue weighted by Crippen LogP contribution is -2.42. The van der Waals surface area contributed by atoms with E-state index < -0.39 is 0 Å². The SMILES string of the molecule is CCC(C(=O)Nc1cc(OC)ccc1C1CCc2cc(OC)ccc2C1)N1CCCC1. The number of rotatable bonds is 7. The van der Waals surface area contributed by atoms with Gasteiger partial charge in [-0.2, -0.15) is 0 Å². The Morgan fingerprint density at radius 2 is 1.77 bits per heavy atom. The van der Waals surface area contributed by atoms with Crippen LogP contribution >= 0.6 is 0 Å². The fourth-order valence-electron chi connectivity index (χ4n) is 5.13. The van der Waals surface area contributed by atoms with Crippen molar-refractivity contribution in [2.75, 3.05) is 32.6 Å². The maximum absolute atomic E-state index is 13.2. The molecule has 1 amide bonds. The van der Waals surface area contributed by atoms with Crippen molar-refractivity contribution in [1.29, 1.82) is 0 Å². The predicted octanol–water partition coefficient (Wildman–Crippen LogP) is 4.79. The zero-order valence-electron chi connectivity index (χ0n) is 18.9. The van der Waals surface area contributed by atoms with E-state index in [4.69, 9.17) is 9.47 Å². The minimum Gasteiger partial charge on any atom is -0.497 e. The molecule has 31 heavy (non-hydrogen) atoms. The summed E-state index contributed by atoms with van der Waals surface area (Å²) in [6, 6.07) is 12.4. The third kappa shape index (κ3) is 4.72. The summed E-state index contributed by atoms with van der Waals surface area (Å²) >= 11 is 0. The molecular weight excluding hydrogens is 388 g/mol. The van der Waals surface area contributed by atoms with Gasteiger partial charge in [0.2, 0.25) is 5.91 Å². The fraction of sp³-hybridized carbons (Fsp3) is 0.500. The van der Waals surface area contributed by atoms with Crippen molar-refractivity contribution < 1.29 is 14.3 Å². The standard InChI is InChI=1S/C26H34N2O3/c1-4-25(28-13-5-6-14-28)26(29)27-24-17-22(31-3)11-12-23(24)20-8-7-19-16-21(30-2)10-9-18(19)15-20/h9-12,16-17,20,25H,4-8,13-15H2,1-3H3,(H,27,29). The van der Waals surface area contributed by atoms with E-state index in [-0.39, 0.29) is 11.9 Å². The molecule has 5 nitrogen and oxygen atoms in total. The number of likely N-dealkylation sites (tertiary alicyclic amines) is 1. The number of amides is 1. The van der Waals surface area contributed by atoms with E-state index in [9.17, 15) is 4.79 Å². The quantitative estimate of drug-likeness (QED) is 0.697. The first kappa shape index (κ1) is 21.7. The van der Waals surface area contributed by atoms with Gasteiger partial charge in [0.05, 0.1) is 20.3 Å². The molecule has 1 saturated heterocycles. The average molecular weight is 423 g/mol. The zero-order valence-corrected chi connectivity index (χ0v) is 18.9. The Bertz CT molecular complexity index is 921. The zero-order chi connectivity index (χ0) is 21.8. The fourth-order valence-corrected chi connectivity index (χ4v) is 5.13. The summed E-state index contributed by atoms with van der Waals surface area (Å²) < 4.78 is 10.9. The molecule has 166 valence electrons. The number of benzene rings is 2. The minimum absolute atomic E-state index is 0.0684. The van der Waals surface area contributed by atoms with Crippen molar-refractivity contribution in [1.82, 2.24) is 4.90 Å². The normalized spacial score (nSPS) is 19.5. The van der Waals surface area contributed by atoms with Crippen molar-refractivity contribution in [3.63, 3.8) is 0 Å². The number of nitrogens with zero attached hydrogens (tertiary/aromatic N) is 1. The first-order chi connectivity index (χ1) is 15.1. The highest BCUT2D eigenvalue weighted by atomic mass is 16.5. The number of carbonyl (C=O) groups is 1. The van der Waals surface area contributed by atoms with Crippen molar-refractivity contribution >= 4 is 11.6 Å². The molecule has 4 rings (SSSR count). The van der Waals surface area contributed by atoms with Crippen LogP contribution in [0.25, 0.3) is 0 Å². The van der Waals surface area contributed by atoms with Crippen LogP contribution in [0.5, 0.6) is 11.5 Å². The summed E-state index contributed by atoms with van der Waals surface area (Å²) in [5.41, 5.74) is 4.83. The second-order valence-electron chi connectivity index (χ2n) is 8.68. The van der Waals surface area contributed by atoms with Crippen LogP contribution in [0.1, 0.15) is 55.2 Å². The molecule has 1 N–H and O–H groups in total. The highest BCUT2D eigenvalue weighted by molar-refractivity contribution is 5.95. The molecule has 0 aromatic heterocycles. The Kier molecular flexibility index (Phi) is 6.81. The number of fused-ring (bicyclic) bond motifs is 1. The minimum atomic E-state index is -0.0684. The Balaban J connectivity index is 1.57. The number of aryl methyl sites for hydroxylation is 1. The number of methoxy groups -OCH3 is 2. The molecule has 2 atom stereocenters. The molecule has 2 aromatic rings. The van der Waals surface area contributed by atoms with E-state index in [2.05, 4.69) is 35.3 Å². The highest BCUT2D eigenvalue weighted by Crippen LogP contribution is 2.38. The van der Waals surface area contributed by atoms with Gasteiger partial charge in [0.15, 0.2) is 0 Å². The summed E-state index contributed by atoms with van der Waals surface area (Å²) in [6.07, 6.45) is 6.23. The summed E-state index contributed by atoms with van der Waals surface area (Å²) in [4.78, 5) is 15.5. The smallest absolute Gasteiger partial charge is 0.241 e. The van der Waals surface area contributed by atoms with Crippen LogP contribution in [0.3, 0.4) is 0 Å². The Morgan fingerprint density at radius 1 is 1.06 bits per heavy atom. The molecule has 0 bridgehead atoms. The molecule has 1 heterocycles. The first-order valence-corrected chi connectivity index (χ1v) is 11.5. The molecule has 1 aliphatic heterocycles. The van der Waals surface area contributed by atoms with Crippen LogP contribution in [0.4, 0.5) is 5.69 Å². The van der Waals surface area contributed by atoms with Gasteiger partial charge >= 0.3 is 0 Å². The monoisotopic (exact) mass is 422 g/mol. The second kappa shape index (κ2) is 9.73. The molecule has 0 radical (unpaired) electrons. The molecule has 2 aromatic carbocycles. The Morgan fingerprint density at radius 3 is 2.48 bits per heavy atom. The van der Waals surface area contributed by atoms with Crippen LogP contribution in [-0.4, -0.2) is 44.2 Å². The van der Waals surface area contributed by atoms with Gasteiger partial charge in [-0.15, -0.1) is 0 Å². The van der Waals surface area contributed by atoms with Crippen LogP contribution in [0.15, 0.2) is 36.4 Å². The van der Waals surface area contributed by atoms with E-state index in [1.54, 1.807) is 14.2 Å². The van der Waals surface area contributed by atoms with Gasteiger partial charge in [0, 0.05) is 11.8 Å². The van der Waals surface area contributed by atoms with Crippen LogP contribution < -0.4 is 14.8 Å². The topological polar surface area (TPSA) is 50.8 Å². The van der Waals surface area contributed by atoms with E-state index >= 15 is 0 Å². The van der Waals surface area contributed by atoms with Gasteiger partial charge in [-0.3, -0.25) is 9.69 Å². The molecule has 1 fully saturated rings. The number of hydrogen-bond donors (Lipinski definition) is 1. The Labute approximate surface area is 185 Å². The largest absolute Gasteiger partial charge is 0.497 e. The van der Waals surface area contributed by atoms with Gasteiger partial charge in [0.25, 0.3) is 0 Å². The average Bonchev–Trinajstić information content (AvgIpc) is 3.33. The number of anilines is 1. The maximum atomic E-state index is 13.2. The highest BCUT2D eigenvalue weighted by Gasteiger charge is 2.28. The van der Waals surface area contributed by atoms with Gasteiger partial charge in [-0.1, -0.05) is 19.1 Å². The van der Waals surface area contributed by atoms with E-state index in [1.165, 1.54) is 29.5 Å². The molecule has 2 unspecified atom stereocenters. The lowest BCUT2D eigenvalue weighted by molar-refractivity contribution is -0.121. The van der Waals surface area contributed by atoms with Crippen molar-refractivity contribution in [3.8, 4) is 11.5 Å². The third-order valence-corrected chi connectivity index (χ3v) is 6.87. The molecule has 5 heteroatoms. The third-order valence-electron chi connectivity index (χ3n) is 6.87. The lowest BCUT2D eigenvalue weighted by Gasteiger charge is -2.29. The number of hydrogen-bond acceptors (Lipinski definition) is 4. The van der Waals surface area contributed by atoms with E-state index in [0.29, 0.717) is 5.92 Å². The number of nitrogens with one attached hydrogen (secondary N) is 1. The Hall–Kier alpha value is -2.53. The summed E-state index contributed by atoms with van der Waals surface area (Å²) in [5, 5.41) is 3.27. The van der Waals surface area contributed by atoms with Crippen molar-refractivity contribution in [3.05, 3.63) is 53.1 Å².